The summed E-state index contributed by atoms with van der Waals surface area (Å²) in [4.78, 5) is 11.4. The summed E-state index contributed by atoms with van der Waals surface area (Å²) in [5, 5.41) is 0. The van der Waals surface area contributed by atoms with Crippen LogP contribution in [0.25, 0.3) is 0 Å². The van der Waals surface area contributed by atoms with E-state index in [1.165, 1.54) is 7.11 Å². The molecule has 94 valence electrons. The molecule has 0 unspecified atom stereocenters. The standard InChI is InChI=1S/C13H17BrO3/c1-13(2,3)8-17-11-7-9(12(15)16-4)5-6-10(11)14/h5-7H,8H2,1-4H3. The maximum absolute atomic E-state index is 11.4. The average molecular weight is 301 g/mol. The molecule has 1 rings (SSSR count). The van der Waals surface area contributed by atoms with Crippen LogP contribution in [-0.2, 0) is 4.74 Å². The molecule has 17 heavy (non-hydrogen) atoms. The Morgan fingerprint density at radius 1 is 1.35 bits per heavy atom. The van der Waals surface area contributed by atoms with Crippen molar-refractivity contribution >= 4 is 21.9 Å². The van der Waals surface area contributed by atoms with Crippen LogP contribution in [0.15, 0.2) is 22.7 Å². The summed E-state index contributed by atoms with van der Waals surface area (Å²) in [5.74, 6) is 0.293. The molecule has 0 amide bonds. The van der Waals surface area contributed by atoms with Crippen molar-refractivity contribution in [3.8, 4) is 5.75 Å². The number of halogens is 1. The van der Waals surface area contributed by atoms with Crippen molar-refractivity contribution in [2.24, 2.45) is 5.41 Å². The third-order valence-corrected chi connectivity index (χ3v) is 2.67. The van der Waals surface area contributed by atoms with Crippen LogP contribution in [0.3, 0.4) is 0 Å². The Morgan fingerprint density at radius 2 is 2.00 bits per heavy atom. The summed E-state index contributed by atoms with van der Waals surface area (Å²) in [6.45, 7) is 6.84. The molecule has 0 aliphatic heterocycles. The van der Waals surface area contributed by atoms with Crippen LogP contribution >= 0.6 is 15.9 Å². The molecule has 0 atom stereocenters. The lowest BCUT2D eigenvalue weighted by Gasteiger charge is -2.19. The van der Waals surface area contributed by atoms with Gasteiger partial charge in [0.15, 0.2) is 0 Å². The predicted molar refractivity (Wildman–Crippen MR) is 70.4 cm³/mol. The monoisotopic (exact) mass is 300 g/mol. The zero-order valence-electron chi connectivity index (χ0n) is 10.5. The van der Waals surface area contributed by atoms with E-state index in [9.17, 15) is 4.79 Å². The number of esters is 1. The summed E-state index contributed by atoms with van der Waals surface area (Å²) in [5.41, 5.74) is 0.556. The lowest BCUT2D eigenvalue weighted by molar-refractivity contribution is 0.0600. The van der Waals surface area contributed by atoms with E-state index in [0.29, 0.717) is 17.9 Å². The van der Waals surface area contributed by atoms with Crippen molar-refractivity contribution in [2.75, 3.05) is 13.7 Å². The molecule has 0 saturated carbocycles. The zero-order valence-corrected chi connectivity index (χ0v) is 12.1. The topological polar surface area (TPSA) is 35.5 Å². The molecule has 0 saturated heterocycles. The highest BCUT2D eigenvalue weighted by Gasteiger charge is 2.14. The third kappa shape index (κ3) is 4.38. The molecule has 1 aromatic carbocycles. The van der Waals surface area contributed by atoms with Crippen LogP contribution in [-0.4, -0.2) is 19.7 Å². The van der Waals surface area contributed by atoms with Crippen LogP contribution < -0.4 is 4.74 Å². The van der Waals surface area contributed by atoms with Gasteiger partial charge in [0.25, 0.3) is 0 Å². The number of rotatable bonds is 3. The van der Waals surface area contributed by atoms with E-state index in [1.807, 2.05) is 0 Å². The molecule has 0 aromatic heterocycles. The number of carbonyl (C=O) groups excluding carboxylic acids is 1. The minimum absolute atomic E-state index is 0.0701. The predicted octanol–water partition coefficient (Wildman–Crippen LogP) is 3.66. The van der Waals surface area contributed by atoms with Crippen LogP contribution in [0, 0.1) is 5.41 Å². The van der Waals surface area contributed by atoms with Crippen molar-refractivity contribution in [2.45, 2.75) is 20.8 Å². The van der Waals surface area contributed by atoms with Crippen LogP contribution in [0.5, 0.6) is 5.75 Å². The Kier molecular flexibility index (Phi) is 4.57. The van der Waals surface area contributed by atoms with Crippen molar-refractivity contribution < 1.29 is 14.3 Å². The van der Waals surface area contributed by atoms with E-state index in [1.54, 1.807) is 18.2 Å². The summed E-state index contributed by atoms with van der Waals surface area (Å²) in [7, 11) is 1.36. The van der Waals surface area contributed by atoms with Crippen molar-refractivity contribution in [1.29, 1.82) is 0 Å². The number of ether oxygens (including phenoxy) is 2. The number of benzene rings is 1. The molecular weight excluding hydrogens is 284 g/mol. The van der Waals surface area contributed by atoms with Crippen molar-refractivity contribution in [3.63, 3.8) is 0 Å². The Balaban J connectivity index is 2.87. The molecular formula is C13H17BrO3. The molecule has 0 aliphatic carbocycles. The normalized spacial score (nSPS) is 11.1. The van der Waals surface area contributed by atoms with Crippen molar-refractivity contribution in [3.05, 3.63) is 28.2 Å². The third-order valence-electron chi connectivity index (χ3n) is 2.01. The Hall–Kier alpha value is -1.03. The Morgan fingerprint density at radius 3 is 2.53 bits per heavy atom. The van der Waals surface area contributed by atoms with Gasteiger partial charge in [-0.2, -0.15) is 0 Å². The first-order chi connectivity index (χ1) is 7.83. The van der Waals surface area contributed by atoms with E-state index in [4.69, 9.17) is 4.74 Å². The van der Waals surface area contributed by atoms with E-state index in [2.05, 4.69) is 41.4 Å². The van der Waals surface area contributed by atoms with E-state index < -0.39 is 0 Å². The van der Waals surface area contributed by atoms with Crippen LogP contribution in [0.1, 0.15) is 31.1 Å². The Bertz CT molecular complexity index is 408. The van der Waals surface area contributed by atoms with Gasteiger partial charge in [-0.3, -0.25) is 0 Å². The van der Waals surface area contributed by atoms with Gasteiger partial charge in [-0.05, 0) is 39.5 Å². The molecule has 0 bridgehead atoms. The molecule has 0 fully saturated rings. The zero-order chi connectivity index (χ0) is 13.1. The second kappa shape index (κ2) is 5.54. The summed E-state index contributed by atoms with van der Waals surface area (Å²) < 4.78 is 11.2. The van der Waals surface area contributed by atoms with Crippen LogP contribution in [0.4, 0.5) is 0 Å². The first-order valence-corrected chi connectivity index (χ1v) is 6.13. The number of hydrogen-bond donors (Lipinski definition) is 0. The molecule has 1 aromatic rings. The van der Waals surface area contributed by atoms with Gasteiger partial charge in [-0.25, -0.2) is 4.79 Å². The van der Waals surface area contributed by atoms with Crippen molar-refractivity contribution in [1.82, 2.24) is 0 Å². The molecule has 3 nitrogen and oxygen atoms in total. The van der Waals surface area contributed by atoms with Gasteiger partial charge in [0.05, 0.1) is 23.8 Å². The molecule has 0 N–H and O–H groups in total. The first kappa shape index (κ1) is 14.0. The van der Waals surface area contributed by atoms with Gasteiger partial charge in [-0.15, -0.1) is 0 Å². The van der Waals surface area contributed by atoms with E-state index >= 15 is 0 Å². The summed E-state index contributed by atoms with van der Waals surface area (Å²) >= 11 is 3.39. The second-order valence-electron chi connectivity index (χ2n) is 4.99. The number of carbonyl (C=O) groups is 1. The lowest BCUT2D eigenvalue weighted by Crippen LogP contribution is -2.17. The molecule has 4 heteroatoms. The van der Waals surface area contributed by atoms with E-state index in [0.717, 1.165) is 4.47 Å². The highest BCUT2D eigenvalue weighted by molar-refractivity contribution is 9.10. The maximum atomic E-state index is 11.4. The fourth-order valence-electron chi connectivity index (χ4n) is 1.15. The fraction of sp³-hybridized carbons (Fsp3) is 0.462. The van der Waals surface area contributed by atoms with Gasteiger partial charge >= 0.3 is 5.97 Å². The maximum Gasteiger partial charge on any atom is 0.337 e. The largest absolute Gasteiger partial charge is 0.492 e. The number of hydrogen-bond acceptors (Lipinski definition) is 3. The van der Waals surface area contributed by atoms with Gasteiger partial charge in [0.1, 0.15) is 5.75 Å². The summed E-state index contributed by atoms with van der Waals surface area (Å²) in [6, 6.07) is 5.16. The Labute approximate surface area is 110 Å². The quantitative estimate of drug-likeness (QED) is 0.799. The average Bonchev–Trinajstić information content (AvgIpc) is 2.26. The lowest BCUT2D eigenvalue weighted by atomic mass is 9.99. The summed E-state index contributed by atoms with van der Waals surface area (Å²) in [6.07, 6.45) is 0. The minimum Gasteiger partial charge on any atom is -0.492 e. The van der Waals surface area contributed by atoms with Gasteiger partial charge in [-0.1, -0.05) is 20.8 Å². The van der Waals surface area contributed by atoms with E-state index in [-0.39, 0.29) is 11.4 Å². The second-order valence-corrected chi connectivity index (χ2v) is 5.84. The first-order valence-electron chi connectivity index (χ1n) is 5.34. The number of methoxy groups -OCH3 is 1. The highest BCUT2D eigenvalue weighted by Crippen LogP contribution is 2.28. The SMILES string of the molecule is COC(=O)c1ccc(Br)c(OCC(C)(C)C)c1. The van der Waals surface area contributed by atoms with Crippen LogP contribution in [0.2, 0.25) is 0 Å². The molecule has 0 radical (unpaired) electrons. The molecule has 0 heterocycles. The minimum atomic E-state index is -0.363. The van der Waals surface area contributed by atoms with Gasteiger partial charge < -0.3 is 9.47 Å². The highest BCUT2D eigenvalue weighted by atomic mass is 79.9. The van der Waals surface area contributed by atoms with Gasteiger partial charge in [0.2, 0.25) is 0 Å². The fourth-order valence-corrected chi connectivity index (χ4v) is 1.51. The molecule has 0 aliphatic rings. The van der Waals surface area contributed by atoms with Gasteiger partial charge in [0, 0.05) is 0 Å². The molecule has 0 spiro atoms. The smallest absolute Gasteiger partial charge is 0.337 e.